The molecule has 3 N–H and O–H groups in total. The standard InChI is InChI=1S/C25H27N3O7.C21H19N3O7/c1-25(2,3)35-21(30)13-12-20(29)34-15-28-19-11-10-17(22(31)16-8-6-5-7-9-16)14-18(19)26-23(28)27-24(32)33-4;1-30-21(29)23-20-22-15-11-14(19(28)13-5-3-2-4-6-13)7-8-16(15)24(20)12-31-18(27)10-9-17(25)26/h5-11,14H,12-13,15H2,1-4H3,(H,26,27,32);2-8,11H,9-10,12H2,1H3,(H,25,26)(H,22,23,29). The van der Waals surface area contributed by atoms with E-state index in [1.165, 1.54) is 23.4 Å². The molecular formula is C46H46N6O14. The van der Waals surface area contributed by atoms with Crippen LogP contribution in [-0.4, -0.2) is 91.7 Å². The summed E-state index contributed by atoms with van der Waals surface area (Å²) >= 11 is 0. The van der Waals surface area contributed by atoms with Gasteiger partial charge in [-0.2, -0.15) is 0 Å². The van der Waals surface area contributed by atoms with Crippen LogP contribution in [0.5, 0.6) is 0 Å². The van der Waals surface area contributed by atoms with Gasteiger partial charge in [0.05, 0.1) is 62.0 Å². The number of hydrogen-bond donors (Lipinski definition) is 3. The average molecular weight is 907 g/mol. The molecular weight excluding hydrogens is 861 g/mol. The number of ketones is 2. The second kappa shape index (κ2) is 22.3. The number of benzene rings is 4. The molecule has 20 nitrogen and oxygen atoms in total. The lowest BCUT2D eigenvalue weighted by Crippen LogP contribution is -2.24. The van der Waals surface area contributed by atoms with Crippen molar-refractivity contribution in [3.05, 3.63) is 119 Å². The molecule has 0 unspecified atom stereocenters. The van der Waals surface area contributed by atoms with E-state index in [4.69, 9.17) is 19.3 Å². The molecule has 0 fully saturated rings. The van der Waals surface area contributed by atoms with E-state index in [0.717, 1.165) is 0 Å². The summed E-state index contributed by atoms with van der Waals surface area (Å²) in [6.07, 6.45) is -2.50. The minimum atomic E-state index is -1.12. The van der Waals surface area contributed by atoms with Crippen LogP contribution in [0.3, 0.4) is 0 Å². The van der Waals surface area contributed by atoms with Crippen molar-refractivity contribution in [1.29, 1.82) is 0 Å². The number of amides is 2. The Labute approximate surface area is 376 Å². The van der Waals surface area contributed by atoms with Crippen molar-refractivity contribution < 1.29 is 67.1 Å². The number of rotatable bonds is 16. The van der Waals surface area contributed by atoms with E-state index in [1.807, 2.05) is 12.1 Å². The van der Waals surface area contributed by atoms with Gasteiger partial charge < -0.3 is 28.8 Å². The predicted octanol–water partition coefficient (Wildman–Crippen LogP) is 6.88. The summed E-state index contributed by atoms with van der Waals surface area (Å²) in [5.74, 6) is -3.24. The number of imidazole rings is 2. The molecule has 2 amide bonds. The van der Waals surface area contributed by atoms with E-state index in [2.05, 4.69) is 30.1 Å². The fraction of sp³-hybridized carbons (Fsp3) is 0.261. The van der Waals surface area contributed by atoms with E-state index in [-0.39, 0.29) is 62.6 Å². The number of nitrogens with one attached hydrogen (secondary N) is 2. The number of carbonyl (C=O) groups is 8. The van der Waals surface area contributed by atoms with Gasteiger partial charge in [0.15, 0.2) is 25.0 Å². The van der Waals surface area contributed by atoms with Gasteiger partial charge in [0.25, 0.3) is 0 Å². The molecule has 0 saturated heterocycles. The SMILES string of the molecule is COC(=O)Nc1nc2cc(C(=O)c3ccccc3)ccc2n1COC(=O)CCC(=O)O.COC(=O)Nc1nc2cc(C(=O)c3ccccc3)ccc2n1COC(=O)CCC(=O)OC(C)(C)C. The van der Waals surface area contributed by atoms with E-state index in [1.54, 1.807) is 106 Å². The van der Waals surface area contributed by atoms with E-state index < -0.39 is 41.7 Å². The molecule has 0 aliphatic carbocycles. The maximum Gasteiger partial charge on any atom is 0.413 e. The quantitative estimate of drug-likeness (QED) is 0.0508. The van der Waals surface area contributed by atoms with Crippen molar-refractivity contribution in [2.75, 3.05) is 24.9 Å². The molecule has 0 spiro atoms. The normalized spacial score (nSPS) is 10.8. The number of carbonyl (C=O) groups excluding carboxylic acids is 7. The third kappa shape index (κ3) is 13.5. The first-order valence-electron chi connectivity index (χ1n) is 20.1. The molecule has 2 heterocycles. The zero-order valence-corrected chi connectivity index (χ0v) is 36.5. The maximum atomic E-state index is 12.8. The molecule has 6 rings (SSSR count). The maximum absolute atomic E-state index is 12.8. The van der Waals surface area contributed by atoms with Crippen LogP contribution in [0.1, 0.15) is 78.3 Å². The highest BCUT2D eigenvalue weighted by atomic mass is 16.6. The molecule has 4 aromatic carbocycles. The van der Waals surface area contributed by atoms with Gasteiger partial charge in [0, 0.05) is 22.3 Å². The van der Waals surface area contributed by atoms with Gasteiger partial charge in [-0.3, -0.25) is 48.5 Å². The van der Waals surface area contributed by atoms with Crippen molar-refractivity contribution in [2.45, 2.75) is 65.5 Å². The average Bonchev–Trinajstić information content (AvgIpc) is 3.83. The molecule has 0 aliphatic rings. The summed E-state index contributed by atoms with van der Waals surface area (Å²) in [6.45, 7) is 4.61. The van der Waals surface area contributed by atoms with Gasteiger partial charge in [0.2, 0.25) is 11.9 Å². The van der Waals surface area contributed by atoms with Gasteiger partial charge in [-0.1, -0.05) is 60.7 Å². The molecule has 20 heteroatoms. The van der Waals surface area contributed by atoms with Crippen molar-refractivity contribution in [1.82, 2.24) is 19.1 Å². The number of esters is 3. The van der Waals surface area contributed by atoms with E-state index in [9.17, 15) is 38.4 Å². The van der Waals surface area contributed by atoms with Crippen molar-refractivity contribution in [3.8, 4) is 0 Å². The van der Waals surface area contributed by atoms with E-state index in [0.29, 0.717) is 44.3 Å². The Kier molecular flexibility index (Phi) is 16.4. The lowest BCUT2D eigenvalue weighted by Gasteiger charge is -2.19. The summed E-state index contributed by atoms with van der Waals surface area (Å²) in [7, 11) is 2.39. The van der Waals surface area contributed by atoms with Crippen LogP contribution in [-0.2, 0) is 56.3 Å². The van der Waals surface area contributed by atoms with Crippen molar-refractivity contribution in [2.24, 2.45) is 0 Å². The van der Waals surface area contributed by atoms with Crippen LogP contribution in [0, 0.1) is 0 Å². The highest BCUT2D eigenvalue weighted by molar-refractivity contribution is 6.11. The number of carboxylic acids is 1. The highest BCUT2D eigenvalue weighted by Crippen LogP contribution is 2.25. The summed E-state index contributed by atoms with van der Waals surface area (Å²) in [4.78, 5) is 104. The van der Waals surface area contributed by atoms with Gasteiger partial charge in [-0.15, -0.1) is 0 Å². The van der Waals surface area contributed by atoms with E-state index >= 15 is 0 Å². The monoisotopic (exact) mass is 906 g/mol. The number of methoxy groups -OCH3 is 2. The second-order valence-electron chi connectivity index (χ2n) is 15.0. The molecule has 6 aromatic rings. The van der Waals surface area contributed by atoms with Crippen LogP contribution in [0.25, 0.3) is 22.1 Å². The van der Waals surface area contributed by atoms with Gasteiger partial charge in [-0.25, -0.2) is 19.6 Å². The Bertz CT molecular complexity index is 2760. The Balaban J connectivity index is 0.000000249. The third-order valence-electron chi connectivity index (χ3n) is 9.10. The molecule has 0 bridgehead atoms. The predicted molar refractivity (Wildman–Crippen MR) is 235 cm³/mol. The van der Waals surface area contributed by atoms with Crippen LogP contribution < -0.4 is 10.6 Å². The molecule has 344 valence electrons. The van der Waals surface area contributed by atoms with Crippen LogP contribution in [0.15, 0.2) is 97.1 Å². The highest BCUT2D eigenvalue weighted by Gasteiger charge is 2.21. The first kappa shape index (κ1) is 48.6. The molecule has 0 saturated carbocycles. The smallest absolute Gasteiger partial charge is 0.413 e. The summed E-state index contributed by atoms with van der Waals surface area (Å²) in [5.41, 5.74) is 2.99. The zero-order valence-electron chi connectivity index (χ0n) is 36.5. The first-order chi connectivity index (χ1) is 31.5. The van der Waals surface area contributed by atoms with Gasteiger partial charge >= 0.3 is 36.1 Å². The first-order valence-corrected chi connectivity index (χ1v) is 20.1. The zero-order chi connectivity index (χ0) is 48.0. The minimum Gasteiger partial charge on any atom is -0.481 e. The van der Waals surface area contributed by atoms with Gasteiger partial charge in [0.1, 0.15) is 5.60 Å². The Morgan fingerprint density at radius 2 is 0.939 bits per heavy atom. The second-order valence-corrected chi connectivity index (χ2v) is 15.0. The van der Waals surface area contributed by atoms with Crippen molar-refractivity contribution >= 4 is 81.6 Å². The number of aliphatic carboxylic acids is 1. The molecule has 0 atom stereocenters. The lowest BCUT2D eigenvalue weighted by molar-refractivity contribution is -0.159. The fourth-order valence-corrected chi connectivity index (χ4v) is 6.01. The van der Waals surface area contributed by atoms with Crippen LogP contribution >= 0.6 is 0 Å². The number of aromatic nitrogens is 4. The Hall–Kier alpha value is -8.42. The van der Waals surface area contributed by atoms with Gasteiger partial charge in [-0.05, 0) is 57.2 Å². The molecule has 0 aliphatic heterocycles. The van der Waals surface area contributed by atoms with Crippen LogP contribution in [0.4, 0.5) is 21.5 Å². The number of hydrogen-bond acceptors (Lipinski definition) is 15. The third-order valence-corrected chi connectivity index (χ3v) is 9.10. The number of carboxylic acid groups (broad SMARTS) is 1. The van der Waals surface area contributed by atoms with Crippen LogP contribution in [0.2, 0.25) is 0 Å². The number of nitrogens with zero attached hydrogens (tertiary/aromatic N) is 4. The van der Waals surface area contributed by atoms with Crippen molar-refractivity contribution in [3.63, 3.8) is 0 Å². The molecule has 66 heavy (non-hydrogen) atoms. The Morgan fingerprint density at radius 1 is 0.545 bits per heavy atom. The minimum absolute atomic E-state index is 0.0391. The molecule has 0 radical (unpaired) electrons. The summed E-state index contributed by atoms with van der Waals surface area (Å²) in [5, 5.41) is 13.6. The Morgan fingerprint density at radius 3 is 1.32 bits per heavy atom. The largest absolute Gasteiger partial charge is 0.481 e. The lowest BCUT2D eigenvalue weighted by atomic mass is 10.0. The summed E-state index contributed by atoms with van der Waals surface area (Å²) in [6, 6.07) is 27.2. The summed E-state index contributed by atoms with van der Waals surface area (Å²) < 4.78 is 27.7. The number of ether oxygens (including phenoxy) is 5. The fourth-order valence-electron chi connectivity index (χ4n) is 6.01. The molecule has 2 aromatic heterocycles. The number of anilines is 2. The topological polar surface area (TPSA) is 263 Å². The number of fused-ring (bicyclic) bond motifs is 2.